The molecular formula is C20H28O5. The molecule has 0 aliphatic heterocycles. The molecule has 0 unspecified atom stereocenters. The number of ether oxygens (including phenoxy) is 1. The minimum absolute atomic E-state index is 0.128. The van der Waals surface area contributed by atoms with Crippen molar-refractivity contribution >= 4 is 11.6 Å². The molecule has 2 N–H and O–H groups in total. The first-order valence-electron chi connectivity index (χ1n) is 8.89. The highest BCUT2D eigenvalue weighted by atomic mass is 16.5. The summed E-state index contributed by atoms with van der Waals surface area (Å²) in [5, 5.41) is 21.2. The van der Waals surface area contributed by atoms with Crippen molar-refractivity contribution in [3.63, 3.8) is 0 Å². The molecule has 138 valence electrons. The van der Waals surface area contributed by atoms with Gasteiger partial charge in [-0.3, -0.25) is 9.59 Å². The number of hydrogen-bond donors (Lipinski definition) is 2. The van der Waals surface area contributed by atoms with E-state index in [0.29, 0.717) is 13.0 Å². The fraction of sp³-hybridized carbons (Fsp3) is 0.600. The van der Waals surface area contributed by atoms with Crippen LogP contribution in [0.2, 0.25) is 0 Å². The summed E-state index contributed by atoms with van der Waals surface area (Å²) in [5.74, 6) is -1.92. The highest BCUT2D eigenvalue weighted by molar-refractivity contribution is 6.21. The number of carbonyl (C=O) groups is 2. The fourth-order valence-electron chi connectivity index (χ4n) is 3.84. The van der Waals surface area contributed by atoms with Crippen molar-refractivity contribution in [1.82, 2.24) is 0 Å². The molecule has 3 saturated carbocycles. The van der Waals surface area contributed by atoms with Gasteiger partial charge in [-0.15, -0.1) is 0 Å². The zero-order chi connectivity index (χ0) is 18.8. The van der Waals surface area contributed by atoms with E-state index in [2.05, 4.69) is 0 Å². The second-order valence-electron chi connectivity index (χ2n) is 7.19. The molecule has 0 heterocycles. The Morgan fingerprint density at radius 1 is 1.32 bits per heavy atom. The molecule has 3 aliphatic rings. The summed E-state index contributed by atoms with van der Waals surface area (Å²) in [7, 11) is 0. The maximum absolute atomic E-state index is 13.0. The van der Waals surface area contributed by atoms with Gasteiger partial charge >= 0.3 is 0 Å². The van der Waals surface area contributed by atoms with E-state index in [1.54, 1.807) is 18.2 Å². The van der Waals surface area contributed by atoms with Crippen LogP contribution < -0.4 is 0 Å². The van der Waals surface area contributed by atoms with Crippen molar-refractivity contribution in [1.29, 1.82) is 0 Å². The number of rotatable bonds is 6. The van der Waals surface area contributed by atoms with Gasteiger partial charge in [0.2, 0.25) is 0 Å². The van der Waals surface area contributed by atoms with Crippen LogP contribution in [0.1, 0.15) is 47.0 Å². The predicted octanol–water partition coefficient (Wildman–Crippen LogP) is 3.05. The number of aliphatic hydroxyl groups excluding tert-OH is 1. The summed E-state index contributed by atoms with van der Waals surface area (Å²) in [6.45, 7) is 7.30. The van der Waals surface area contributed by atoms with Crippen LogP contribution in [0.15, 0.2) is 35.6 Å². The number of fused-ring (bicyclic) bond motifs is 3. The standard InChI is InChI=1S/C20H28O5/c1-5-7-9-10-14(21)16-13-12-15(25-11-8-6-2)19(3,17(16)22)18(23)20(13,4)24/h5,7,9-10,13,15,21,24H,6,8,11-12H2,1-4H3/b7-5+,10-9+,16-14+/t13-,15-,19+,20-/m0/s1. The molecule has 3 aliphatic carbocycles. The van der Waals surface area contributed by atoms with Crippen molar-refractivity contribution in [2.45, 2.75) is 58.7 Å². The summed E-state index contributed by atoms with van der Waals surface area (Å²) in [5.41, 5.74) is -3.03. The minimum atomic E-state index is -1.69. The third kappa shape index (κ3) is 3.11. The lowest BCUT2D eigenvalue weighted by Gasteiger charge is -2.54. The van der Waals surface area contributed by atoms with Crippen LogP contribution in [-0.4, -0.2) is 40.1 Å². The van der Waals surface area contributed by atoms with E-state index in [9.17, 15) is 19.8 Å². The van der Waals surface area contributed by atoms with Gasteiger partial charge in [-0.2, -0.15) is 0 Å². The Morgan fingerprint density at radius 2 is 2.00 bits per heavy atom. The lowest BCUT2D eigenvalue weighted by atomic mass is 9.50. The second-order valence-corrected chi connectivity index (χ2v) is 7.19. The minimum Gasteiger partial charge on any atom is -0.508 e. The fourth-order valence-corrected chi connectivity index (χ4v) is 3.84. The van der Waals surface area contributed by atoms with E-state index in [1.807, 2.05) is 13.8 Å². The molecule has 0 radical (unpaired) electrons. The highest BCUT2D eigenvalue weighted by Crippen LogP contribution is 2.54. The molecule has 3 fully saturated rings. The summed E-state index contributed by atoms with van der Waals surface area (Å²) in [6, 6.07) is 0. The zero-order valence-corrected chi connectivity index (χ0v) is 15.4. The van der Waals surface area contributed by atoms with E-state index in [0.717, 1.165) is 12.8 Å². The Hall–Kier alpha value is -1.72. The lowest BCUT2D eigenvalue weighted by Crippen LogP contribution is -2.69. The Bertz CT molecular complexity index is 640. The average molecular weight is 348 g/mol. The van der Waals surface area contributed by atoms with Crippen LogP contribution in [0.4, 0.5) is 0 Å². The lowest BCUT2D eigenvalue weighted by molar-refractivity contribution is -0.186. The number of carbonyl (C=O) groups excluding carboxylic acids is 2. The number of allylic oxidation sites excluding steroid dienone is 4. The van der Waals surface area contributed by atoms with Crippen LogP contribution in [0, 0.1) is 11.3 Å². The molecular weight excluding hydrogens is 320 g/mol. The molecule has 4 atom stereocenters. The van der Waals surface area contributed by atoms with Gasteiger partial charge in [0.25, 0.3) is 0 Å². The summed E-state index contributed by atoms with van der Waals surface area (Å²) < 4.78 is 5.83. The Labute approximate surface area is 149 Å². The molecule has 5 heteroatoms. The number of ketones is 2. The van der Waals surface area contributed by atoms with Crippen molar-refractivity contribution in [2.75, 3.05) is 6.61 Å². The molecule has 2 bridgehead atoms. The molecule has 25 heavy (non-hydrogen) atoms. The predicted molar refractivity (Wildman–Crippen MR) is 95.1 cm³/mol. The summed E-state index contributed by atoms with van der Waals surface area (Å²) >= 11 is 0. The first-order valence-corrected chi connectivity index (χ1v) is 8.89. The Kier molecular flexibility index (Phi) is 5.69. The molecule has 0 aromatic heterocycles. The number of aliphatic hydroxyl groups is 2. The first kappa shape index (κ1) is 19.6. The largest absolute Gasteiger partial charge is 0.508 e. The van der Waals surface area contributed by atoms with Gasteiger partial charge in [0, 0.05) is 18.1 Å². The normalized spacial score (nSPS) is 37.5. The topological polar surface area (TPSA) is 83.8 Å². The van der Waals surface area contributed by atoms with Crippen molar-refractivity contribution < 1.29 is 24.5 Å². The molecule has 0 aromatic rings. The molecule has 0 amide bonds. The van der Waals surface area contributed by atoms with E-state index in [1.165, 1.54) is 19.9 Å². The quantitative estimate of drug-likeness (QED) is 0.253. The van der Waals surface area contributed by atoms with Gasteiger partial charge in [-0.1, -0.05) is 31.6 Å². The molecule has 0 saturated heterocycles. The van der Waals surface area contributed by atoms with E-state index < -0.39 is 34.6 Å². The monoisotopic (exact) mass is 348 g/mol. The van der Waals surface area contributed by atoms with Crippen LogP contribution in [-0.2, 0) is 14.3 Å². The van der Waals surface area contributed by atoms with Crippen LogP contribution in [0.3, 0.4) is 0 Å². The molecule has 0 aromatic carbocycles. The van der Waals surface area contributed by atoms with Gasteiger partial charge in [0.05, 0.1) is 6.10 Å². The zero-order valence-electron chi connectivity index (χ0n) is 15.4. The van der Waals surface area contributed by atoms with Crippen LogP contribution in [0.5, 0.6) is 0 Å². The maximum atomic E-state index is 13.0. The molecule has 5 nitrogen and oxygen atoms in total. The van der Waals surface area contributed by atoms with Gasteiger partial charge in [0.1, 0.15) is 16.8 Å². The van der Waals surface area contributed by atoms with E-state index >= 15 is 0 Å². The van der Waals surface area contributed by atoms with Gasteiger partial charge in [-0.05, 0) is 39.7 Å². The Balaban J connectivity index is 2.46. The smallest absolute Gasteiger partial charge is 0.180 e. The van der Waals surface area contributed by atoms with Gasteiger partial charge < -0.3 is 14.9 Å². The number of Topliss-reactive ketones (excluding diaryl/α,β-unsaturated/α-hetero) is 2. The van der Waals surface area contributed by atoms with E-state index in [4.69, 9.17) is 4.74 Å². The summed E-state index contributed by atoms with van der Waals surface area (Å²) in [6.07, 6.45) is 8.12. The molecule has 3 rings (SSSR count). The highest BCUT2D eigenvalue weighted by Gasteiger charge is 2.68. The van der Waals surface area contributed by atoms with Crippen molar-refractivity contribution in [2.24, 2.45) is 11.3 Å². The van der Waals surface area contributed by atoms with Crippen molar-refractivity contribution in [3.05, 3.63) is 35.6 Å². The third-order valence-corrected chi connectivity index (χ3v) is 5.42. The van der Waals surface area contributed by atoms with Crippen LogP contribution >= 0.6 is 0 Å². The summed E-state index contributed by atoms with van der Waals surface area (Å²) in [4.78, 5) is 25.9. The SMILES string of the molecule is C/C=C/C=C/C(O)=C1\C(=O)[C@]2(C)C(=O)[C@@](C)(O)[C@H]1C[C@@H]2OCCCC. The number of hydrogen-bond acceptors (Lipinski definition) is 5. The van der Waals surface area contributed by atoms with Crippen molar-refractivity contribution in [3.8, 4) is 0 Å². The van der Waals surface area contributed by atoms with Gasteiger partial charge in [0.15, 0.2) is 11.6 Å². The first-order chi connectivity index (χ1) is 11.7. The second kappa shape index (κ2) is 7.26. The number of unbranched alkanes of at least 4 members (excludes halogenated alkanes) is 1. The van der Waals surface area contributed by atoms with E-state index in [-0.39, 0.29) is 11.3 Å². The van der Waals surface area contributed by atoms with Crippen LogP contribution in [0.25, 0.3) is 0 Å². The Morgan fingerprint density at radius 3 is 2.60 bits per heavy atom. The maximum Gasteiger partial charge on any atom is 0.180 e. The van der Waals surface area contributed by atoms with Gasteiger partial charge in [-0.25, -0.2) is 0 Å². The molecule has 0 spiro atoms. The third-order valence-electron chi connectivity index (χ3n) is 5.42. The average Bonchev–Trinajstić information content (AvgIpc) is 2.56.